The molecule has 0 unspecified atom stereocenters. The molecule has 0 bridgehead atoms. The summed E-state index contributed by atoms with van der Waals surface area (Å²) in [5.41, 5.74) is 0. The highest BCUT2D eigenvalue weighted by molar-refractivity contribution is 7.86. The van der Waals surface area contributed by atoms with Gasteiger partial charge in [0.1, 0.15) is 7.11 Å². The van der Waals surface area contributed by atoms with Gasteiger partial charge in [-0.25, -0.2) is 0 Å². The second kappa shape index (κ2) is 2.82. The van der Waals surface area contributed by atoms with Crippen LogP contribution in [0, 0.1) is 0 Å². The van der Waals surface area contributed by atoms with Crippen LogP contribution in [0.1, 0.15) is 0 Å². The van der Waals surface area contributed by atoms with Gasteiger partial charge in [-0.1, -0.05) is 0 Å². The molecule has 0 aliphatic rings. The van der Waals surface area contributed by atoms with Gasteiger partial charge in [-0.2, -0.15) is 8.42 Å². The lowest BCUT2D eigenvalue weighted by Crippen LogP contribution is -2.04. The van der Waals surface area contributed by atoms with Crippen LogP contribution < -0.4 is 4.84 Å². The van der Waals surface area contributed by atoms with Crippen molar-refractivity contribution in [2.45, 2.75) is 4.90 Å². The van der Waals surface area contributed by atoms with E-state index in [2.05, 4.69) is 4.84 Å². The van der Waals surface area contributed by atoms with E-state index in [1.807, 2.05) is 0 Å². The van der Waals surface area contributed by atoms with Crippen molar-refractivity contribution >= 4 is 10.1 Å². The average Bonchev–Trinajstić information content (AvgIpc) is 2.25. The Kier molecular flexibility index (Phi) is 2.10. The third-order valence-electron chi connectivity index (χ3n) is 1.34. The Hall–Kier alpha value is -1.41. The molecule has 0 fully saturated rings. The number of aromatic nitrogens is 1. The Morgan fingerprint density at radius 3 is 2.23 bits per heavy atom. The van der Waals surface area contributed by atoms with Crippen LogP contribution in [-0.2, 0) is 10.1 Å². The first kappa shape index (κ1) is 9.68. The predicted molar refractivity (Wildman–Crippen MR) is 40.1 cm³/mol. The molecule has 1 aromatic heterocycles. The van der Waals surface area contributed by atoms with Crippen molar-refractivity contribution in [1.29, 1.82) is 0 Å². The molecule has 0 saturated carbocycles. The summed E-state index contributed by atoms with van der Waals surface area (Å²) in [4.78, 5) is 3.58. The average molecular weight is 209 g/mol. The van der Waals surface area contributed by atoms with E-state index in [1.165, 1.54) is 0 Å². The number of hydrogen-bond acceptors (Lipinski definition) is 5. The third kappa shape index (κ3) is 1.53. The fourth-order valence-corrected chi connectivity index (χ4v) is 1.39. The number of hydrogen-bond donors (Lipinski definition) is 3. The van der Waals surface area contributed by atoms with E-state index in [0.29, 0.717) is 10.8 Å². The molecule has 0 aliphatic heterocycles. The Morgan fingerprint density at radius 1 is 1.46 bits per heavy atom. The predicted octanol–water partition coefficient (Wildman–Crippen LogP) is -0.796. The molecule has 3 N–H and O–H groups in total. The summed E-state index contributed by atoms with van der Waals surface area (Å²) in [6.07, 6.45) is 0. The first-order valence-electron chi connectivity index (χ1n) is 3.03. The molecule has 0 amide bonds. The Morgan fingerprint density at radius 2 is 2.00 bits per heavy atom. The molecule has 8 heteroatoms. The molecule has 0 spiro atoms. The highest BCUT2D eigenvalue weighted by atomic mass is 32.2. The van der Waals surface area contributed by atoms with Crippen molar-refractivity contribution in [3.8, 4) is 11.8 Å². The lowest BCUT2D eigenvalue weighted by molar-refractivity contribution is 0.118. The lowest BCUT2D eigenvalue weighted by Gasteiger charge is -2.02. The Labute approximate surface area is 73.5 Å². The standard InChI is InChI=1S/C5H7NO6S/c1-12-6-4(7)2-3(5(6)8)13(9,10)11/h2,7-8H,1H3,(H,9,10,11). The van der Waals surface area contributed by atoms with Crippen LogP contribution in [0.4, 0.5) is 0 Å². The zero-order chi connectivity index (χ0) is 10.2. The molecular formula is C5H7NO6S. The monoisotopic (exact) mass is 209 g/mol. The molecule has 0 aliphatic carbocycles. The van der Waals surface area contributed by atoms with Gasteiger partial charge in [-0.05, 0) is 0 Å². The Balaban J connectivity index is 3.44. The van der Waals surface area contributed by atoms with Gasteiger partial charge in [-0.3, -0.25) is 4.55 Å². The maximum Gasteiger partial charge on any atom is 0.300 e. The first-order valence-corrected chi connectivity index (χ1v) is 4.47. The van der Waals surface area contributed by atoms with Gasteiger partial charge >= 0.3 is 0 Å². The van der Waals surface area contributed by atoms with Gasteiger partial charge in [0.15, 0.2) is 4.90 Å². The van der Waals surface area contributed by atoms with Gasteiger partial charge in [0.05, 0.1) is 0 Å². The quantitative estimate of drug-likeness (QED) is 0.550. The molecule has 1 rings (SSSR count). The van der Waals surface area contributed by atoms with Gasteiger partial charge in [0.25, 0.3) is 16.0 Å². The summed E-state index contributed by atoms with van der Waals surface area (Å²) >= 11 is 0. The van der Waals surface area contributed by atoms with Crippen LogP contribution in [-0.4, -0.2) is 35.0 Å². The van der Waals surface area contributed by atoms with Crippen LogP contribution in [0.25, 0.3) is 0 Å². The van der Waals surface area contributed by atoms with Crippen LogP contribution in [0.2, 0.25) is 0 Å². The normalized spacial score (nSPS) is 11.5. The molecule has 0 saturated heterocycles. The van der Waals surface area contributed by atoms with E-state index in [4.69, 9.17) is 14.8 Å². The molecule has 1 aromatic rings. The zero-order valence-electron chi connectivity index (χ0n) is 6.50. The summed E-state index contributed by atoms with van der Waals surface area (Å²) in [6.45, 7) is 0. The maximum absolute atomic E-state index is 10.6. The highest BCUT2D eigenvalue weighted by Gasteiger charge is 2.23. The minimum absolute atomic E-state index is 0.448. The second-order valence-electron chi connectivity index (χ2n) is 2.14. The van der Waals surface area contributed by atoms with Crippen LogP contribution in [0.15, 0.2) is 11.0 Å². The van der Waals surface area contributed by atoms with Crippen molar-refractivity contribution in [3.05, 3.63) is 6.07 Å². The number of aromatic hydroxyl groups is 2. The van der Waals surface area contributed by atoms with Crippen molar-refractivity contribution in [1.82, 2.24) is 4.73 Å². The van der Waals surface area contributed by atoms with E-state index >= 15 is 0 Å². The van der Waals surface area contributed by atoms with Gasteiger partial charge in [0, 0.05) is 6.07 Å². The fraction of sp³-hybridized carbons (Fsp3) is 0.200. The van der Waals surface area contributed by atoms with Gasteiger partial charge in [0.2, 0.25) is 5.88 Å². The first-order chi connectivity index (χ1) is 5.88. The van der Waals surface area contributed by atoms with E-state index in [1.54, 1.807) is 0 Å². The Bertz CT molecular complexity index is 418. The summed E-state index contributed by atoms with van der Waals surface area (Å²) < 4.78 is 30.1. The van der Waals surface area contributed by atoms with E-state index in [0.717, 1.165) is 7.11 Å². The van der Waals surface area contributed by atoms with E-state index < -0.39 is 26.8 Å². The molecule has 7 nitrogen and oxygen atoms in total. The van der Waals surface area contributed by atoms with E-state index in [9.17, 15) is 8.42 Å². The maximum atomic E-state index is 10.6. The highest BCUT2D eigenvalue weighted by Crippen LogP contribution is 2.29. The number of rotatable bonds is 2. The van der Waals surface area contributed by atoms with Crippen molar-refractivity contribution < 1.29 is 28.0 Å². The molecule has 74 valence electrons. The minimum Gasteiger partial charge on any atom is -0.492 e. The smallest absolute Gasteiger partial charge is 0.300 e. The largest absolute Gasteiger partial charge is 0.492 e. The molecule has 0 radical (unpaired) electrons. The van der Waals surface area contributed by atoms with Gasteiger partial charge < -0.3 is 15.1 Å². The summed E-state index contributed by atoms with van der Waals surface area (Å²) in [5, 5.41) is 18.1. The van der Waals surface area contributed by atoms with Crippen molar-refractivity contribution in [2.24, 2.45) is 0 Å². The molecule has 1 heterocycles. The molecule has 13 heavy (non-hydrogen) atoms. The van der Waals surface area contributed by atoms with Crippen molar-refractivity contribution in [2.75, 3.05) is 7.11 Å². The third-order valence-corrected chi connectivity index (χ3v) is 2.20. The fourth-order valence-electron chi connectivity index (χ4n) is 0.819. The molecule has 0 aromatic carbocycles. The molecule has 0 atom stereocenters. The SMILES string of the molecule is COn1c(O)cc(S(=O)(=O)O)c1O. The minimum atomic E-state index is -4.56. The summed E-state index contributed by atoms with van der Waals surface area (Å²) in [7, 11) is -3.45. The molecular weight excluding hydrogens is 202 g/mol. The van der Waals surface area contributed by atoms with Crippen molar-refractivity contribution in [3.63, 3.8) is 0 Å². The van der Waals surface area contributed by atoms with Gasteiger partial charge in [-0.15, -0.1) is 4.73 Å². The summed E-state index contributed by atoms with van der Waals surface area (Å²) in [6, 6.07) is 0.661. The number of nitrogens with zero attached hydrogens (tertiary/aromatic N) is 1. The second-order valence-corrected chi connectivity index (χ2v) is 3.53. The summed E-state index contributed by atoms with van der Waals surface area (Å²) in [5.74, 6) is -1.52. The van der Waals surface area contributed by atoms with Crippen LogP contribution >= 0.6 is 0 Å². The van der Waals surface area contributed by atoms with E-state index in [-0.39, 0.29) is 0 Å². The zero-order valence-corrected chi connectivity index (χ0v) is 7.32. The topological polar surface area (TPSA) is 109 Å². The van der Waals surface area contributed by atoms with Crippen LogP contribution in [0.5, 0.6) is 11.8 Å². The lowest BCUT2D eigenvalue weighted by atomic mass is 10.6. The van der Waals surface area contributed by atoms with Crippen LogP contribution in [0.3, 0.4) is 0 Å².